The molecule has 0 aliphatic heterocycles. The predicted molar refractivity (Wildman–Crippen MR) is 84.2 cm³/mol. The van der Waals surface area contributed by atoms with Gasteiger partial charge in [-0.15, -0.1) is 0 Å². The van der Waals surface area contributed by atoms with Crippen LogP contribution in [0.5, 0.6) is 0 Å². The fourth-order valence-corrected chi connectivity index (χ4v) is 3.41. The van der Waals surface area contributed by atoms with E-state index in [2.05, 4.69) is 5.32 Å². The number of rotatable bonds is 10. The average molecular weight is 351 g/mol. The van der Waals surface area contributed by atoms with Crippen LogP contribution in [-0.4, -0.2) is 78.5 Å². The Hall–Kier alpha value is -1.68. The Labute approximate surface area is 136 Å². The van der Waals surface area contributed by atoms with Gasteiger partial charge in [-0.3, -0.25) is 9.59 Å². The van der Waals surface area contributed by atoms with E-state index >= 15 is 0 Å². The average Bonchev–Trinajstić information content (AvgIpc) is 2.42. The molecule has 0 aromatic rings. The van der Waals surface area contributed by atoms with Gasteiger partial charge in [0.25, 0.3) is 0 Å². The third-order valence-electron chi connectivity index (χ3n) is 3.28. The van der Waals surface area contributed by atoms with Gasteiger partial charge in [0.1, 0.15) is 11.8 Å². The summed E-state index contributed by atoms with van der Waals surface area (Å²) in [7, 11) is -3.81. The zero-order valence-electron chi connectivity index (χ0n) is 13.9. The van der Waals surface area contributed by atoms with Crippen LogP contribution in [0.1, 0.15) is 27.7 Å². The molecule has 1 unspecified atom stereocenters. The lowest BCUT2D eigenvalue weighted by molar-refractivity contribution is -0.148. The lowest BCUT2D eigenvalue weighted by Crippen LogP contribution is -2.50. The molecule has 2 amide bonds. The lowest BCUT2D eigenvalue weighted by atomic mass is 10.3. The Morgan fingerprint density at radius 2 is 1.70 bits per heavy atom. The van der Waals surface area contributed by atoms with Crippen LogP contribution in [0.3, 0.4) is 0 Å². The fourth-order valence-electron chi connectivity index (χ4n) is 1.97. The van der Waals surface area contributed by atoms with Gasteiger partial charge in [0, 0.05) is 33.1 Å². The number of aliphatic carboxylic acids is 1. The number of nitrogens with zero attached hydrogens (tertiary/aromatic N) is 2. The summed E-state index contributed by atoms with van der Waals surface area (Å²) >= 11 is 0. The molecule has 10 heteroatoms. The van der Waals surface area contributed by atoms with Crippen LogP contribution in [0.4, 0.5) is 0 Å². The molecule has 0 aromatic heterocycles. The molecule has 0 heterocycles. The summed E-state index contributed by atoms with van der Waals surface area (Å²) in [5.74, 6) is -3.18. The van der Waals surface area contributed by atoms with Crippen molar-refractivity contribution in [3.05, 3.63) is 0 Å². The second kappa shape index (κ2) is 9.46. The normalized spacial score (nSPS) is 12.7. The largest absolute Gasteiger partial charge is 0.480 e. The van der Waals surface area contributed by atoms with Crippen LogP contribution in [-0.2, 0) is 24.4 Å². The molecule has 1 atom stereocenters. The molecule has 0 aliphatic rings. The molecule has 0 aromatic carbocycles. The first kappa shape index (κ1) is 21.3. The number of nitrogens with one attached hydrogen (secondary N) is 1. The van der Waals surface area contributed by atoms with Crippen molar-refractivity contribution in [2.24, 2.45) is 0 Å². The Balaban J connectivity index is 5.12. The van der Waals surface area contributed by atoms with Crippen molar-refractivity contribution < 1.29 is 27.9 Å². The van der Waals surface area contributed by atoms with Crippen molar-refractivity contribution in [2.45, 2.75) is 33.7 Å². The van der Waals surface area contributed by atoms with E-state index < -0.39 is 33.7 Å². The number of carbonyl (C=O) groups excluding carboxylic acids is 2. The number of hydrogen-bond acceptors (Lipinski definition) is 5. The quantitative estimate of drug-likeness (QED) is 0.525. The summed E-state index contributed by atoms with van der Waals surface area (Å²) in [6, 6.07) is -1.19. The molecule has 2 N–H and O–H groups in total. The number of amides is 2. The second-order valence-corrected chi connectivity index (χ2v) is 6.89. The minimum absolute atomic E-state index is 0.0456. The van der Waals surface area contributed by atoms with Crippen LogP contribution < -0.4 is 5.32 Å². The third kappa shape index (κ3) is 6.95. The van der Waals surface area contributed by atoms with Crippen molar-refractivity contribution in [1.82, 2.24) is 14.5 Å². The summed E-state index contributed by atoms with van der Waals surface area (Å²) in [5, 5.41) is 11.5. The molecular weight excluding hydrogens is 326 g/mol. The number of carboxylic acid groups (broad SMARTS) is 1. The van der Waals surface area contributed by atoms with Crippen LogP contribution in [0.15, 0.2) is 0 Å². The maximum absolute atomic E-state index is 12.3. The summed E-state index contributed by atoms with van der Waals surface area (Å²) in [6.07, 6.45) is 0. The topological polar surface area (TPSA) is 124 Å². The number of sulfonamides is 1. The van der Waals surface area contributed by atoms with Crippen LogP contribution >= 0.6 is 0 Å². The highest BCUT2D eigenvalue weighted by Gasteiger charge is 2.30. The van der Waals surface area contributed by atoms with Crippen LogP contribution in [0.25, 0.3) is 0 Å². The van der Waals surface area contributed by atoms with Gasteiger partial charge in [0.15, 0.2) is 0 Å². The molecule has 0 rings (SSSR count). The van der Waals surface area contributed by atoms with Crippen LogP contribution in [0.2, 0.25) is 0 Å². The highest BCUT2D eigenvalue weighted by atomic mass is 32.2. The van der Waals surface area contributed by atoms with Gasteiger partial charge in [-0.05, 0) is 6.92 Å². The van der Waals surface area contributed by atoms with Crippen molar-refractivity contribution >= 4 is 27.8 Å². The Kier molecular flexibility index (Phi) is 8.77. The Morgan fingerprint density at radius 1 is 1.17 bits per heavy atom. The monoisotopic (exact) mass is 351 g/mol. The molecule has 0 saturated heterocycles. The SMILES string of the molecule is CCN(CC)S(=O)(=O)CC(=O)N(CCNC(C)=O)C(C)C(=O)O. The minimum Gasteiger partial charge on any atom is -0.480 e. The van der Waals surface area contributed by atoms with Crippen molar-refractivity contribution in [3.63, 3.8) is 0 Å². The predicted octanol–water partition coefficient (Wildman–Crippen LogP) is -0.904. The number of hydrogen-bond donors (Lipinski definition) is 2. The third-order valence-corrected chi connectivity index (χ3v) is 5.19. The molecule has 0 aliphatic carbocycles. The molecule has 134 valence electrons. The zero-order valence-corrected chi connectivity index (χ0v) is 14.7. The Morgan fingerprint density at radius 3 is 2.09 bits per heavy atom. The van der Waals surface area contributed by atoms with Crippen molar-refractivity contribution in [3.8, 4) is 0 Å². The standard InChI is InChI=1S/C13H25N3O6S/c1-5-15(6-2)23(21,22)9-12(18)16(10(3)13(19)20)8-7-14-11(4)17/h10H,5-9H2,1-4H3,(H,14,17)(H,19,20). The van der Waals surface area contributed by atoms with Gasteiger partial charge in [-0.2, -0.15) is 0 Å². The van der Waals surface area contributed by atoms with E-state index in [0.717, 1.165) is 9.21 Å². The second-order valence-electron chi connectivity index (χ2n) is 4.92. The lowest BCUT2D eigenvalue weighted by Gasteiger charge is -2.27. The number of carboxylic acids is 1. The first-order valence-electron chi connectivity index (χ1n) is 7.31. The van der Waals surface area contributed by atoms with Crippen molar-refractivity contribution in [1.29, 1.82) is 0 Å². The van der Waals surface area contributed by atoms with Crippen molar-refractivity contribution in [2.75, 3.05) is 31.9 Å². The first-order valence-corrected chi connectivity index (χ1v) is 8.92. The fraction of sp³-hybridized carbons (Fsp3) is 0.769. The van der Waals surface area contributed by atoms with Gasteiger partial charge in [0.2, 0.25) is 21.8 Å². The van der Waals surface area contributed by atoms with E-state index in [1.807, 2.05) is 0 Å². The van der Waals surface area contributed by atoms with E-state index in [-0.39, 0.29) is 32.1 Å². The van der Waals surface area contributed by atoms with E-state index in [1.165, 1.54) is 13.8 Å². The Bertz CT molecular complexity index is 530. The van der Waals surface area contributed by atoms with Gasteiger partial charge in [-0.1, -0.05) is 13.8 Å². The summed E-state index contributed by atoms with van der Waals surface area (Å²) in [4.78, 5) is 35.2. The highest BCUT2D eigenvalue weighted by molar-refractivity contribution is 7.89. The smallest absolute Gasteiger partial charge is 0.326 e. The van der Waals surface area contributed by atoms with E-state index in [9.17, 15) is 22.8 Å². The number of carbonyl (C=O) groups is 3. The first-order chi connectivity index (χ1) is 10.6. The molecule has 9 nitrogen and oxygen atoms in total. The van der Waals surface area contributed by atoms with Crippen LogP contribution in [0, 0.1) is 0 Å². The van der Waals surface area contributed by atoms with Gasteiger partial charge >= 0.3 is 5.97 Å². The minimum atomic E-state index is -3.81. The molecule has 0 spiro atoms. The molecule has 0 saturated carbocycles. The summed E-state index contributed by atoms with van der Waals surface area (Å²) in [6.45, 7) is 6.30. The van der Waals surface area contributed by atoms with E-state index in [0.29, 0.717) is 0 Å². The van der Waals surface area contributed by atoms with Gasteiger partial charge in [0.05, 0.1) is 0 Å². The summed E-state index contributed by atoms with van der Waals surface area (Å²) < 4.78 is 25.4. The maximum Gasteiger partial charge on any atom is 0.326 e. The highest BCUT2D eigenvalue weighted by Crippen LogP contribution is 2.06. The van der Waals surface area contributed by atoms with E-state index in [4.69, 9.17) is 5.11 Å². The molecular formula is C13H25N3O6S. The molecule has 23 heavy (non-hydrogen) atoms. The van der Waals surface area contributed by atoms with E-state index in [1.54, 1.807) is 13.8 Å². The zero-order chi connectivity index (χ0) is 18.2. The van der Waals surface area contributed by atoms with Gasteiger partial charge < -0.3 is 15.3 Å². The summed E-state index contributed by atoms with van der Waals surface area (Å²) in [5.41, 5.74) is 0. The molecule has 0 radical (unpaired) electrons. The molecule has 0 bridgehead atoms. The molecule has 0 fully saturated rings. The van der Waals surface area contributed by atoms with Gasteiger partial charge in [-0.25, -0.2) is 17.5 Å². The maximum atomic E-state index is 12.3.